The van der Waals surface area contributed by atoms with E-state index in [2.05, 4.69) is 6.92 Å². The molecule has 0 atom stereocenters. The SMILES string of the molecule is CCCCCCCCCCCC(=O)OCCOCCOCCN1C(=O)C=CC1=O. The highest BCUT2D eigenvalue weighted by atomic mass is 16.6. The van der Waals surface area contributed by atoms with Gasteiger partial charge >= 0.3 is 5.97 Å². The second-order valence-corrected chi connectivity index (χ2v) is 7.19. The summed E-state index contributed by atoms with van der Waals surface area (Å²) in [4.78, 5) is 35.4. The number of rotatable bonds is 19. The van der Waals surface area contributed by atoms with Gasteiger partial charge < -0.3 is 14.2 Å². The van der Waals surface area contributed by atoms with E-state index in [1.807, 2.05) is 0 Å². The van der Waals surface area contributed by atoms with Crippen molar-refractivity contribution in [3.05, 3.63) is 12.2 Å². The van der Waals surface area contributed by atoms with Gasteiger partial charge in [0.15, 0.2) is 0 Å². The number of hydrogen-bond donors (Lipinski definition) is 0. The maximum atomic E-state index is 11.6. The third-order valence-electron chi connectivity index (χ3n) is 4.71. The molecular weight excluding hydrogens is 374 g/mol. The molecule has 1 aliphatic heterocycles. The van der Waals surface area contributed by atoms with Crippen molar-refractivity contribution in [3.8, 4) is 0 Å². The average molecular weight is 412 g/mol. The summed E-state index contributed by atoms with van der Waals surface area (Å²) in [6.45, 7) is 4.05. The minimum atomic E-state index is -0.306. The van der Waals surface area contributed by atoms with Gasteiger partial charge in [0.2, 0.25) is 0 Å². The van der Waals surface area contributed by atoms with Crippen molar-refractivity contribution in [3.63, 3.8) is 0 Å². The van der Waals surface area contributed by atoms with Crippen LogP contribution in [0.25, 0.3) is 0 Å². The number of esters is 1. The Hall–Kier alpha value is -1.73. The second kappa shape index (κ2) is 17.2. The van der Waals surface area contributed by atoms with Crippen LogP contribution in [0, 0.1) is 0 Å². The van der Waals surface area contributed by atoms with Gasteiger partial charge in [0.05, 0.1) is 33.0 Å². The molecular formula is C22H37NO6. The van der Waals surface area contributed by atoms with Crippen LogP contribution in [0.3, 0.4) is 0 Å². The maximum absolute atomic E-state index is 11.6. The summed E-state index contributed by atoms with van der Waals surface area (Å²) in [5, 5.41) is 0. The fraction of sp³-hybridized carbons (Fsp3) is 0.773. The van der Waals surface area contributed by atoms with Gasteiger partial charge in [-0.1, -0.05) is 58.3 Å². The summed E-state index contributed by atoms with van der Waals surface area (Å²) in [6.07, 6.45) is 14.0. The number of carbonyl (C=O) groups excluding carboxylic acids is 3. The van der Waals surface area contributed by atoms with Crippen molar-refractivity contribution < 1.29 is 28.6 Å². The fourth-order valence-corrected chi connectivity index (χ4v) is 3.00. The van der Waals surface area contributed by atoms with Gasteiger partial charge in [-0.15, -0.1) is 0 Å². The topological polar surface area (TPSA) is 82.1 Å². The zero-order valence-corrected chi connectivity index (χ0v) is 17.9. The molecule has 166 valence electrons. The van der Waals surface area contributed by atoms with Gasteiger partial charge in [-0.05, 0) is 6.42 Å². The van der Waals surface area contributed by atoms with Crippen LogP contribution in [-0.2, 0) is 28.6 Å². The number of amides is 2. The molecule has 29 heavy (non-hydrogen) atoms. The van der Waals surface area contributed by atoms with Gasteiger partial charge in [-0.25, -0.2) is 0 Å². The van der Waals surface area contributed by atoms with E-state index in [-0.39, 0.29) is 37.5 Å². The summed E-state index contributed by atoms with van der Waals surface area (Å²) < 4.78 is 15.8. The van der Waals surface area contributed by atoms with E-state index >= 15 is 0 Å². The Morgan fingerprint density at radius 3 is 1.90 bits per heavy atom. The lowest BCUT2D eigenvalue weighted by Gasteiger charge is -2.13. The number of nitrogens with zero attached hydrogens (tertiary/aromatic N) is 1. The standard InChI is InChI=1S/C22H37NO6/c1-2-3-4-5-6-7-8-9-10-11-22(26)29-19-18-28-17-16-27-15-14-23-20(24)12-13-21(23)25/h12-13H,2-11,14-19H2,1H3. The highest BCUT2D eigenvalue weighted by Gasteiger charge is 2.22. The Balaban J connectivity index is 1.79. The lowest BCUT2D eigenvalue weighted by Crippen LogP contribution is -2.33. The molecule has 0 saturated heterocycles. The number of ether oxygens (including phenoxy) is 3. The molecule has 0 fully saturated rings. The highest BCUT2D eigenvalue weighted by Crippen LogP contribution is 2.10. The molecule has 0 unspecified atom stereocenters. The maximum Gasteiger partial charge on any atom is 0.305 e. The molecule has 0 radical (unpaired) electrons. The van der Waals surface area contributed by atoms with Crippen LogP contribution in [0.15, 0.2) is 12.2 Å². The van der Waals surface area contributed by atoms with Crippen LogP contribution >= 0.6 is 0 Å². The van der Waals surface area contributed by atoms with Crippen molar-refractivity contribution in [1.29, 1.82) is 0 Å². The van der Waals surface area contributed by atoms with Crippen LogP contribution in [0.4, 0.5) is 0 Å². The van der Waals surface area contributed by atoms with Crippen LogP contribution in [-0.4, -0.2) is 62.3 Å². The third-order valence-corrected chi connectivity index (χ3v) is 4.71. The molecule has 1 rings (SSSR count). The number of hydrogen-bond acceptors (Lipinski definition) is 6. The van der Waals surface area contributed by atoms with Crippen LogP contribution < -0.4 is 0 Å². The average Bonchev–Trinajstić information content (AvgIpc) is 3.03. The molecule has 0 aromatic carbocycles. The predicted molar refractivity (Wildman–Crippen MR) is 110 cm³/mol. The molecule has 1 aliphatic rings. The normalized spacial score (nSPS) is 13.5. The van der Waals surface area contributed by atoms with E-state index in [9.17, 15) is 14.4 Å². The zero-order chi connectivity index (χ0) is 21.2. The van der Waals surface area contributed by atoms with Crippen molar-refractivity contribution in [1.82, 2.24) is 4.90 Å². The molecule has 0 spiro atoms. The van der Waals surface area contributed by atoms with Crippen molar-refractivity contribution in [2.75, 3.05) is 39.6 Å². The third kappa shape index (κ3) is 13.2. The summed E-state index contributed by atoms with van der Waals surface area (Å²) in [6, 6.07) is 0. The monoisotopic (exact) mass is 411 g/mol. The van der Waals surface area contributed by atoms with Gasteiger partial charge in [-0.2, -0.15) is 0 Å². The van der Waals surface area contributed by atoms with Crippen LogP contribution in [0.2, 0.25) is 0 Å². The molecule has 0 N–H and O–H groups in total. The van der Waals surface area contributed by atoms with E-state index in [0.717, 1.165) is 17.7 Å². The first-order valence-corrected chi connectivity index (χ1v) is 11.0. The predicted octanol–water partition coefficient (Wildman–Crippen LogP) is 3.41. The zero-order valence-electron chi connectivity index (χ0n) is 17.9. The van der Waals surface area contributed by atoms with E-state index in [1.165, 1.54) is 57.1 Å². The van der Waals surface area contributed by atoms with Crippen molar-refractivity contribution in [2.45, 2.75) is 71.1 Å². The molecule has 2 amide bonds. The number of carbonyl (C=O) groups is 3. The highest BCUT2D eigenvalue weighted by molar-refractivity contribution is 6.12. The second-order valence-electron chi connectivity index (χ2n) is 7.19. The first kappa shape index (κ1) is 25.3. The van der Waals surface area contributed by atoms with E-state index in [1.54, 1.807) is 0 Å². The Bertz CT molecular complexity index is 488. The molecule has 1 heterocycles. The van der Waals surface area contributed by atoms with E-state index in [4.69, 9.17) is 14.2 Å². The minimum absolute atomic E-state index is 0.165. The fourth-order valence-electron chi connectivity index (χ4n) is 3.00. The Morgan fingerprint density at radius 2 is 1.28 bits per heavy atom. The van der Waals surface area contributed by atoms with E-state index < -0.39 is 0 Å². The number of unbranched alkanes of at least 4 members (excludes halogenated alkanes) is 8. The molecule has 0 aromatic rings. The smallest absolute Gasteiger partial charge is 0.305 e. The lowest BCUT2D eigenvalue weighted by atomic mass is 10.1. The van der Waals surface area contributed by atoms with Crippen LogP contribution in [0.5, 0.6) is 0 Å². The Labute approximate surface area is 174 Å². The van der Waals surface area contributed by atoms with Crippen LogP contribution in [0.1, 0.15) is 71.1 Å². The summed E-state index contributed by atoms with van der Waals surface area (Å²) >= 11 is 0. The quantitative estimate of drug-likeness (QED) is 0.184. The van der Waals surface area contributed by atoms with Crippen molar-refractivity contribution >= 4 is 17.8 Å². The summed E-state index contributed by atoms with van der Waals surface area (Å²) in [5.74, 6) is -0.778. The van der Waals surface area contributed by atoms with Gasteiger partial charge in [0, 0.05) is 18.6 Å². The minimum Gasteiger partial charge on any atom is -0.463 e. The Morgan fingerprint density at radius 1 is 0.759 bits per heavy atom. The first-order chi connectivity index (χ1) is 14.1. The first-order valence-electron chi connectivity index (χ1n) is 11.0. The number of imide groups is 1. The summed E-state index contributed by atoms with van der Waals surface area (Å²) in [7, 11) is 0. The van der Waals surface area contributed by atoms with Crippen molar-refractivity contribution in [2.24, 2.45) is 0 Å². The molecule has 0 aromatic heterocycles. The lowest BCUT2D eigenvalue weighted by molar-refractivity contribution is -0.145. The molecule has 0 saturated carbocycles. The largest absolute Gasteiger partial charge is 0.463 e. The van der Waals surface area contributed by atoms with Gasteiger partial charge in [0.25, 0.3) is 11.8 Å². The Kier molecular flexibility index (Phi) is 15.0. The van der Waals surface area contributed by atoms with Gasteiger partial charge in [0.1, 0.15) is 6.61 Å². The van der Waals surface area contributed by atoms with Gasteiger partial charge in [-0.3, -0.25) is 19.3 Å². The molecule has 0 aliphatic carbocycles. The molecule has 7 nitrogen and oxygen atoms in total. The molecule has 7 heteroatoms. The summed E-state index contributed by atoms with van der Waals surface area (Å²) in [5.41, 5.74) is 0. The molecule has 0 bridgehead atoms. The van der Waals surface area contributed by atoms with E-state index in [0.29, 0.717) is 26.2 Å².